The van der Waals surface area contributed by atoms with Crippen LogP contribution in [-0.2, 0) is 11.3 Å². The van der Waals surface area contributed by atoms with E-state index in [-0.39, 0.29) is 17.9 Å². The number of carbonyl (C=O) groups excluding carboxylic acids is 1. The summed E-state index contributed by atoms with van der Waals surface area (Å²) in [6, 6.07) is 6.61. The van der Waals surface area contributed by atoms with Crippen molar-refractivity contribution in [2.75, 3.05) is 25.6 Å². The first-order valence-electron chi connectivity index (χ1n) is 9.49. The third-order valence-electron chi connectivity index (χ3n) is 4.89. The zero-order valence-electron chi connectivity index (χ0n) is 15.7. The summed E-state index contributed by atoms with van der Waals surface area (Å²) in [7, 11) is 1.70. The van der Waals surface area contributed by atoms with Gasteiger partial charge in [0.2, 0.25) is 0 Å². The van der Waals surface area contributed by atoms with Crippen LogP contribution >= 0.6 is 0 Å². The van der Waals surface area contributed by atoms with Gasteiger partial charge in [-0.25, -0.2) is 9.18 Å². The topological polar surface area (TPSA) is 59.4 Å². The van der Waals surface area contributed by atoms with Crippen molar-refractivity contribution in [1.82, 2.24) is 14.7 Å². The Bertz CT molecular complexity index is 749. The van der Waals surface area contributed by atoms with E-state index in [2.05, 4.69) is 10.4 Å². The SMILES string of the molecule is COCCCC1CCCCN1C(=O)Nc1cnn(Cc2cccc(F)c2)c1. The van der Waals surface area contributed by atoms with E-state index in [0.29, 0.717) is 12.2 Å². The van der Waals surface area contributed by atoms with Gasteiger partial charge in [-0.2, -0.15) is 5.10 Å². The number of piperidine rings is 1. The molecule has 6 nitrogen and oxygen atoms in total. The fourth-order valence-corrected chi connectivity index (χ4v) is 3.56. The predicted molar refractivity (Wildman–Crippen MR) is 102 cm³/mol. The largest absolute Gasteiger partial charge is 0.385 e. The highest BCUT2D eigenvalue weighted by Gasteiger charge is 2.26. The summed E-state index contributed by atoms with van der Waals surface area (Å²) in [5.74, 6) is -0.266. The van der Waals surface area contributed by atoms with Gasteiger partial charge in [0, 0.05) is 32.5 Å². The van der Waals surface area contributed by atoms with Crippen molar-refractivity contribution in [1.29, 1.82) is 0 Å². The van der Waals surface area contributed by atoms with E-state index in [4.69, 9.17) is 4.74 Å². The number of nitrogens with one attached hydrogen (secondary N) is 1. The minimum Gasteiger partial charge on any atom is -0.385 e. The summed E-state index contributed by atoms with van der Waals surface area (Å²) in [5, 5.41) is 7.21. The number of halogens is 1. The van der Waals surface area contributed by atoms with E-state index in [9.17, 15) is 9.18 Å². The lowest BCUT2D eigenvalue weighted by molar-refractivity contribution is 0.141. The van der Waals surface area contributed by atoms with Crippen molar-refractivity contribution in [3.05, 3.63) is 48.0 Å². The van der Waals surface area contributed by atoms with E-state index in [1.54, 1.807) is 30.3 Å². The standard InChI is InChI=1S/C20H27FN4O2/c1-27-11-5-9-19-8-2-3-10-25(19)20(26)23-18-13-22-24(15-18)14-16-6-4-7-17(21)12-16/h4,6-7,12-13,15,19H,2-3,5,8-11,14H2,1H3,(H,23,26). The second-order valence-corrected chi connectivity index (χ2v) is 6.96. The van der Waals surface area contributed by atoms with Gasteiger partial charge in [0.15, 0.2) is 0 Å². The molecule has 2 aromatic rings. The number of aromatic nitrogens is 2. The van der Waals surface area contributed by atoms with Gasteiger partial charge >= 0.3 is 6.03 Å². The van der Waals surface area contributed by atoms with Gasteiger partial charge in [-0.3, -0.25) is 4.68 Å². The van der Waals surface area contributed by atoms with Gasteiger partial charge in [0.05, 0.1) is 18.4 Å². The van der Waals surface area contributed by atoms with Crippen LogP contribution in [0.4, 0.5) is 14.9 Å². The Morgan fingerprint density at radius 3 is 3.11 bits per heavy atom. The number of rotatable bonds is 7. The number of methoxy groups -OCH3 is 1. The van der Waals surface area contributed by atoms with Crippen LogP contribution in [0.25, 0.3) is 0 Å². The zero-order valence-corrected chi connectivity index (χ0v) is 15.7. The van der Waals surface area contributed by atoms with Crippen molar-refractivity contribution in [2.24, 2.45) is 0 Å². The molecule has 7 heteroatoms. The maximum absolute atomic E-state index is 13.3. The first-order chi connectivity index (χ1) is 13.2. The van der Waals surface area contributed by atoms with Crippen LogP contribution in [0.2, 0.25) is 0 Å². The molecular formula is C20H27FN4O2. The lowest BCUT2D eigenvalue weighted by Crippen LogP contribution is -2.45. The molecule has 1 aliphatic heterocycles. The van der Waals surface area contributed by atoms with E-state index in [0.717, 1.165) is 50.8 Å². The molecule has 27 heavy (non-hydrogen) atoms. The Morgan fingerprint density at radius 1 is 1.41 bits per heavy atom. The summed E-state index contributed by atoms with van der Waals surface area (Å²) in [5.41, 5.74) is 1.47. The Hall–Kier alpha value is -2.41. The summed E-state index contributed by atoms with van der Waals surface area (Å²) in [4.78, 5) is 14.7. The lowest BCUT2D eigenvalue weighted by Gasteiger charge is -2.35. The summed E-state index contributed by atoms with van der Waals surface area (Å²) >= 11 is 0. The molecule has 1 atom stereocenters. The molecule has 1 saturated heterocycles. The molecule has 0 bridgehead atoms. The van der Waals surface area contributed by atoms with E-state index >= 15 is 0 Å². The monoisotopic (exact) mass is 374 g/mol. The van der Waals surface area contributed by atoms with Crippen LogP contribution in [0, 0.1) is 5.82 Å². The van der Waals surface area contributed by atoms with Crippen LogP contribution in [0.15, 0.2) is 36.7 Å². The predicted octanol–water partition coefficient (Wildman–Crippen LogP) is 3.88. The minimum absolute atomic E-state index is 0.0811. The van der Waals surface area contributed by atoms with E-state index in [1.165, 1.54) is 12.1 Å². The number of anilines is 1. The number of hydrogen-bond donors (Lipinski definition) is 1. The van der Waals surface area contributed by atoms with Gasteiger partial charge in [-0.15, -0.1) is 0 Å². The molecule has 1 N–H and O–H groups in total. The smallest absolute Gasteiger partial charge is 0.322 e. The van der Waals surface area contributed by atoms with Gasteiger partial charge in [-0.05, 0) is 49.8 Å². The van der Waals surface area contributed by atoms with Crippen molar-refractivity contribution in [3.63, 3.8) is 0 Å². The molecule has 1 aromatic carbocycles. The fourth-order valence-electron chi connectivity index (χ4n) is 3.56. The normalized spacial score (nSPS) is 17.1. The van der Waals surface area contributed by atoms with Gasteiger partial charge in [0.25, 0.3) is 0 Å². The molecule has 1 aliphatic rings. The van der Waals surface area contributed by atoms with Crippen LogP contribution in [-0.4, -0.2) is 47.0 Å². The second-order valence-electron chi connectivity index (χ2n) is 6.96. The maximum Gasteiger partial charge on any atom is 0.322 e. The summed E-state index contributed by atoms with van der Waals surface area (Å²) in [6.45, 7) is 1.96. The van der Waals surface area contributed by atoms with E-state index in [1.807, 2.05) is 11.0 Å². The number of benzene rings is 1. The number of hydrogen-bond acceptors (Lipinski definition) is 3. The molecule has 3 rings (SSSR count). The van der Waals surface area contributed by atoms with Gasteiger partial charge in [0.1, 0.15) is 5.82 Å². The van der Waals surface area contributed by atoms with Crippen molar-refractivity contribution < 1.29 is 13.9 Å². The molecule has 2 amide bonds. The summed E-state index contributed by atoms with van der Waals surface area (Å²) in [6.07, 6.45) is 8.54. The lowest BCUT2D eigenvalue weighted by atomic mass is 9.98. The molecule has 146 valence electrons. The van der Waals surface area contributed by atoms with Gasteiger partial charge in [-0.1, -0.05) is 12.1 Å². The molecule has 0 aliphatic carbocycles. The zero-order chi connectivity index (χ0) is 19.1. The average molecular weight is 374 g/mol. The average Bonchev–Trinajstić information content (AvgIpc) is 3.09. The first kappa shape index (κ1) is 19.4. The van der Waals surface area contributed by atoms with E-state index < -0.39 is 0 Å². The highest BCUT2D eigenvalue weighted by Crippen LogP contribution is 2.22. The van der Waals surface area contributed by atoms with Crippen LogP contribution in [0.1, 0.15) is 37.7 Å². The highest BCUT2D eigenvalue weighted by molar-refractivity contribution is 5.89. The quantitative estimate of drug-likeness (QED) is 0.748. The number of amides is 2. The third-order valence-corrected chi connectivity index (χ3v) is 4.89. The molecule has 1 aromatic heterocycles. The van der Waals surface area contributed by atoms with Gasteiger partial charge < -0.3 is 15.0 Å². The van der Waals surface area contributed by atoms with Crippen molar-refractivity contribution in [2.45, 2.75) is 44.7 Å². The molecule has 0 radical (unpaired) electrons. The Balaban J connectivity index is 1.57. The Kier molecular flexibility index (Phi) is 6.81. The maximum atomic E-state index is 13.3. The Morgan fingerprint density at radius 2 is 2.30 bits per heavy atom. The first-order valence-corrected chi connectivity index (χ1v) is 9.49. The molecule has 1 fully saturated rings. The molecule has 0 spiro atoms. The Labute approximate surface area is 159 Å². The van der Waals surface area contributed by atoms with Crippen LogP contribution < -0.4 is 5.32 Å². The molecule has 1 unspecified atom stereocenters. The summed E-state index contributed by atoms with van der Waals surface area (Å²) < 4.78 is 20.1. The van der Waals surface area contributed by atoms with Crippen LogP contribution in [0.5, 0.6) is 0 Å². The molecular weight excluding hydrogens is 347 g/mol. The van der Waals surface area contributed by atoms with Crippen LogP contribution in [0.3, 0.4) is 0 Å². The second kappa shape index (κ2) is 9.50. The number of carbonyl (C=O) groups is 1. The highest BCUT2D eigenvalue weighted by atomic mass is 19.1. The number of nitrogens with zero attached hydrogens (tertiary/aromatic N) is 3. The molecule has 0 saturated carbocycles. The number of likely N-dealkylation sites (tertiary alicyclic amines) is 1. The number of urea groups is 1. The minimum atomic E-state index is -0.266. The third kappa shape index (κ3) is 5.53. The van der Waals surface area contributed by atoms with Crippen molar-refractivity contribution in [3.8, 4) is 0 Å². The van der Waals surface area contributed by atoms with Crippen molar-refractivity contribution >= 4 is 11.7 Å². The fraction of sp³-hybridized carbons (Fsp3) is 0.500. The number of ether oxygens (including phenoxy) is 1. The molecule has 2 heterocycles.